The molecular weight excluding hydrogens is 427 g/mol. The maximum Gasteiger partial charge on any atom is 0.227 e. The fourth-order valence-corrected chi connectivity index (χ4v) is 2.94. The molecule has 1 amide bonds. The third-order valence-corrected chi connectivity index (χ3v) is 4.11. The second-order valence-corrected chi connectivity index (χ2v) is 6.67. The molecule has 0 bridgehead atoms. The molecular formula is C19H31IN4O. The highest BCUT2D eigenvalue weighted by Crippen LogP contribution is 2.26. The van der Waals surface area contributed by atoms with Crippen LogP contribution in [0.1, 0.15) is 52.0 Å². The summed E-state index contributed by atoms with van der Waals surface area (Å²) in [5.41, 5.74) is 1.95. The first kappa shape index (κ1) is 21.7. The lowest BCUT2D eigenvalue weighted by Crippen LogP contribution is -2.40. The van der Waals surface area contributed by atoms with E-state index < -0.39 is 0 Å². The Kier molecular flexibility index (Phi) is 9.85. The Bertz CT molecular complexity index is 568. The molecule has 2 rings (SSSR count). The van der Waals surface area contributed by atoms with E-state index in [-0.39, 0.29) is 35.8 Å². The second kappa shape index (κ2) is 11.3. The number of nitrogens with zero attached hydrogens (tertiary/aromatic N) is 1. The topological polar surface area (TPSA) is 65.5 Å². The first-order valence-corrected chi connectivity index (χ1v) is 9.03. The van der Waals surface area contributed by atoms with Crippen molar-refractivity contribution in [2.75, 3.05) is 11.9 Å². The number of carbonyl (C=O) groups is 1. The molecule has 1 fully saturated rings. The molecule has 0 unspecified atom stereocenters. The van der Waals surface area contributed by atoms with Crippen molar-refractivity contribution < 1.29 is 4.79 Å². The quantitative estimate of drug-likeness (QED) is 0.344. The Morgan fingerprint density at radius 2 is 2.00 bits per heavy atom. The number of amides is 1. The predicted molar refractivity (Wildman–Crippen MR) is 116 cm³/mol. The van der Waals surface area contributed by atoms with Gasteiger partial charge in [-0.15, -0.1) is 24.0 Å². The van der Waals surface area contributed by atoms with Gasteiger partial charge in [-0.25, -0.2) is 4.99 Å². The number of aliphatic imine (C=N–C) groups is 1. The Hall–Kier alpha value is -1.31. The van der Waals surface area contributed by atoms with Crippen molar-refractivity contribution in [3.8, 4) is 0 Å². The van der Waals surface area contributed by atoms with Crippen molar-refractivity contribution in [1.29, 1.82) is 0 Å². The summed E-state index contributed by atoms with van der Waals surface area (Å²) in [7, 11) is 0. The minimum absolute atomic E-state index is 0. The third kappa shape index (κ3) is 7.63. The van der Waals surface area contributed by atoms with Gasteiger partial charge in [0, 0.05) is 24.2 Å². The van der Waals surface area contributed by atoms with E-state index in [1.54, 1.807) is 0 Å². The van der Waals surface area contributed by atoms with Crippen LogP contribution in [-0.2, 0) is 11.3 Å². The van der Waals surface area contributed by atoms with Crippen LogP contribution in [0.15, 0.2) is 29.3 Å². The van der Waals surface area contributed by atoms with Gasteiger partial charge in [0.15, 0.2) is 5.96 Å². The van der Waals surface area contributed by atoms with Gasteiger partial charge >= 0.3 is 0 Å². The van der Waals surface area contributed by atoms with Crippen LogP contribution in [0.2, 0.25) is 0 Å². The molecule has 1 aliphatic rings. The highest BCUT2D eigenvalue weighted by atomic mass is 127. The van der Waals surface area contributed by atoms with E-state index in [0.29, 0.717) is 12.6 Å². The van der Waals surface area contributed by atoms with Crippen LogP contribution in [0.4, 0.5) is 5.69 Å². The van der Waals surface area contributed by atoms with Crippen LogP contribution in [0.3, 0.4) is 0 Å². The Balaban J connectivity index is 0.00000312. The molecule has 1 aromatic carbocycles. The third-order valence-electron chi connectivity index (χ3n) is 4.11. The van der Waals surface area contributed by atoms with Gasteiger partial charge in [-0.2, -0.15) is 0 Å². The highest BCUT2D eigenvalue weighted by Gasteiger charge is 2.22. The molecule has 3 N–H and O–H groups in total. The van der Waals surface area contributed by atoms with Gasteiger partial charge in [0.25, 0.3) is 0 Å². The SMILES string of the molecule is CCNC(=NCc1cccc(NC(=O)C2CCCC2)c1)NC(C)C.I. The summed E-state index contributed by atoms with van der Waals surface area (Å²) < 4.78 is 0. The number of hydrogen-bond donors (Lipinski definition) is 3. The molecule has 0 aromatic heterocycles. The lowest BCUT2D eigenvalue weighted by atomic mass is 10.1. The number of carbonyl (C=O) groups excluding carboxylic acids is 1. The summed E-state index contributed by atoms with van der Waals surface area (Å²) >= 11 is 0. The molecule has 25 heavy (non-hydrogen) atoms. The zero-order valence-electron chi connectivity index (χ0n) is 15.5. The number of anilines is 1. The summed E-state index contributed by atoms with van der Waals surface area (Å²) in [6.45, 7) is 7.64. The molecule has 0 heterocycles. The lowest BCUT2D eigenvalue weighted by molar-refractivity contribution is -0.119. The van der Waals surface area contributed by atoms with Gasteiger partial charge in [0.2, 0.25) is 5.91 Å². The van der Waals surface area contributed by atoms with Gasteiger partial charge in [0.05, 0.1) is 6.54 Å². The van der Waals surface area contributed by atoms with Crippen molar-refractivity contribution in [2.45, 2.75) is 59.0 Å². The minimum Gasteiger partial charge on any atom is -0.357 e. The summed E-state index contributed by atoms with van der Waals surface area (Å²) in [5.74, 6) is 1.15. The summed E-state index contributed by atoms with van der Waals surface area (Å²) in [6, 6.07) is 8.29. The van der Waals surface area contributed by atoms with E-state index in [1.165, 1.54) is 12.8 Å². The molecule has 0 saturated heterocycles. The first-order chi connectivity index (χ1) is 11.6. The monoisotopic (exact) mass is 458 g/mol. The Morgan fingerprint density at radius 1 is 1.28 bits per heavy atom. The molecule has 1 aliphatic carbocycles. The zero-order chi connectivity index (χ0) is 17.4. The van der Waals surface area contributed by atoms with Crippen LogP contribution in [0, 0.1) is 5.92 Å². The number of nitrogens with one attached hydrogen (secondary N) is 3. The number of benzene rings is 1. The van der Waals surface area contributed by atoms with E-state index in [4.69, 9.17) is 0 Å². The smallest absolute Gasteiger partial charge is 0.227 e. The van der Waals surface area contributed by atoms with Crippen LogP contribution in [0.5, 0.6) is 0 Å². The minimum atomic E-state index is 0. The average Bonchev–Trinajstić information content (AvgIpc) is 3.07. The molecule has 6 heteroatoms. The average molecular weight is 458 g/mol. The molecule has 0 spiro atoms. The molecule has 0 aliphatic heterocycles. The van der Waals surface area contributed by atoms with Crippen LogP contribution in [0.25, 0.3) is 0 Å². The molecule has 1 saturated carbocycles. The van der Waals surface area contributed by atoms with E-state index >= 15 is 0 Å². The second-order valence-electron chi connectivity index (χ2n) is 6.67. The van der Waals surface area contributed by atoms with Gasteiger partial charge in [0.1, 0.15) is 0 Å². The molecule has 0 radical (unpaired) electrons. The largest absolute Gasteiger partial charge is 0.357 e. The van der Waals surface area contributed by atoms with Gasteiger partial charge in [-0.05, 0) is 51.3 Å². The molecule has 1 aromatic rings. The number of guanidine groups is 1. The Labute approximate surface area is 168 Å². The first-order valence-electron chi connectivity index (χ1n) is 9.03. The summed E-state index contributed by atoms with van der Waals surface area (Å²) in [5, 5.41) is 9.59. The molecule has 0 atom stereocenters. The Morgan fingerprint density at radius 3 is 2.64 bits per heavy atom. The van der Waals surface area contributed by atoms with Gasteiger partial charge in [-0.1, -0.05) is 25.0 Å². The van der Waals surface area contributed by atoms with E-state index in [1.807, 2.05) is 24.3 Å². The highest BCUT2D eigenvalue weighted by molar-refractivity contribution is 14.0. The van der Waals surface area contributed by atoms with Crippen molar-refractivity contribution in [1.82, 2.24) is 10.6 Å². The van der Waals surface area contributed by atoms with E-state index in [2.05, 4.69) is 41.7 Å². The number of halogens is 1. The normalized spacial score (nSPS) is 15.0. The number of rotatable bonds is 6. The summed E-state index contributed by atoms with van der Waals surface area (Å²) in [4.78, 5) is 16.8. The lowest BCUT2D eigenvalue weighted by Gasteiger charge is -2.14. The van der Waals surface area contributed by atoms with Crippen molar-refractivity contribution in [3.63, 3.8) is 0 Å². The maximum absolute atomic E-state index is 12.2. The summed E-state index contributed by atoms with van der Waals surface area (Å²) in [6.07, 6.45) is 4.37. The van der Waals surface area contributed by atoms with Gasteiger partial charge in [-0.3, -0.25) is 4.79 Å². The van der Waals surface area contributed by atoms with E-state index in [9.17, 15) is 4.79 Å². The fraction of sp³-hybridized carbons (Fsp3) is 0.579. The van der Waals surface area contributed by atoms with Crippen LogP contribution in [-0.4, -0.2) is 24.5 Å². The van der Waals surface area contributed by atoms with Crippen molar-refractivity contribution in [2.24, 2.45) is 10.9 Å². The molecule has 140 valence electrons. The van der Waals surface area contributed by atoms with E-state index in [0.717, 1.165) is 36.6 Å². The van der Waals surface area contributed by atoms with Gasteiger partial charge < -0.3 is 16.0 Å². The standard InChI is InChI=1S/C19H30N4O.HI/c1-4-20-19(22-14(2)3)21-13-15-8-7-11-17(12-15)23-18(24)16-9-5-6-10-16;/h7-8,11-12,14,16H,4-6,9-10,13H2,1-3H3,(H,23,24)(H2,20,21,22);1H. The van der Waals surface area contributed by atoms with Crippen LogP contribution >= 0.6 is 24.0 Å². The van der Waals surface area contributed by atoms with Crippen molar-refractivity contribution in [3.05, 3.63) is 29.8 Å². The van der Waals surface area contributed by atoms with Crippen LogP contribution < -0.4 is 16.0 Å². The maximum atomic E-state index is 12.2. The zero-order valence-corrected chi connectivity index (χ0v) is 17.8. The van der Waals surface area contributed by atoms with Crippen molar-refractivity contribution >= 4 is 41.5 Å². The number of hydrogen-bond acceptors (Lipinski definition) is 2. The fourth-order valence-electron chi connectivity index (χ4n) is 2.94. The molecule has 5 nitrogen and oxygen atoms in total. The predicted octanol–water partition coefficient (Wildman–Crippen LogP) is 3.90.